The molecule has 90 valence electrons. The van der Waals surface area contributed by atoms with Crippen LogP contribution >= 0.6 is 11.6 Å². The Kier molecular flexibility index (Phi) is 5.86. The van der Waals surface area contributed by atoms with E-state index < -0.39 is 0 Å². The maximum Gasteiger partial charge on any atom is 0.0408 e. The fourth-order valence-electron chi connectivity index (χ4n) is 1.93. The lowest BCUT2D eigenvalue weighted by Gasteiger charge is -2.18. The van der Waals surface area contributed by atoms with E-state index in [1.54, 1.807) is 0 Å². The Morgan fingerprint density at radius 2 is 2.00 bits per heavy atom. The second-order valence-electron chi connectivity index (χ2n) is 4.78. The van der Waals surface area contributed by atoms with Crippen molar-refractivity contribution in [1.29, 1.82) is 0 Å². The molecule has 0 bridgehead atoms. The van der Waals surface area contributed by atoms with Crippen LogP contribution in [0.25, 0.3) is 0 Å². The predicted octanol–water partition coefficient (Wildman–Crippen LogP) is 4.08. The van der Waals surface area contributed by atoms with E-state index >= 15 is 0 Å². The largest absolute Gasteiger partial charge is 0.319 e. The van der Waals surface area contributed by atoms with Crippen LogP contribution in [0.5, 0.6) is 0 Å². The van der Waals surface area contributed by atoms with Crippen LogP contribution < -0.4 is 5.32 Å². The molecule has 0 aliphatic rings. The first-order valence-corrected chi connectivity index (χ1v) is 6.41. The van der Waals surface area contributed by atoms with Crippen molar-refractivity contribution in [2.75, 3.05) is 13.6 Å². The highest BCUT2D eigenvalue weighted by atomic mass is 35.5. The van der Waals surface area contributed by atoms with Crippen molar-refractivity contribution in [1.82, 2.24) is 5.32 Å². The number of hydrogen-bond donors (Lipinski definition) is 1. The predicted molar refractivity (Wildman–Crippen MR) is 72.2 cm³/mol. The molecular weight excluding hydrogens is 218 g/mol. The third-order valence-corrected chi connectivity index (χ3v) is 3.10. The minimum Gasteiger partial charge on any atom is -0.319 e. The van der Waals surface area contributed by atoms with Gasteiger partial charge in [-0.05, 0) is 43.0 Å². The third-order valence-electron chi connectivity index (χ3n) is 2.86. The van der Waals surface area contributed by atoms with Crippen LogP contribution in [0.4, 0.5) is 0 Å². The molecule has 16 heavy (non-hydrogen) atoms. The molecule has 0 radical (unpaired) electrons. The van der Waals surface area contributed by atoms with E-state index in [0.717, 1.165) is 17.5 Å². The SMILES string of the molecule is CNCC(CCC(C)C)c1cccc(Cl)c1. The highest BCUT2D eigenvalue weighted by Crippen LogP contribution is 2.25. The van der Waals surface area contributed by atoms with Crippen molar-refractivity contribution in [3.8, 4) is 0 Å². The summed E-state index contributed by atoms with van der Waals surface area (Å²) in [5, 5.41) is 4.10. The topological polar surface area (TPSA) is 12.0 Å². The molecule has 0 spiro atoms. The number of likely N-dealkylation sites (N-methyl/N-ethyl adjacent to an activating group) is 1. The molecule has 0 heterocycles. The van der Waals surface area contributed by atoms with Gasteiger partial charge in [0, 0.05) is 11.6 Å². The molecule has 1 aromatic rings. The van der Waals surface area contributed by atoms with Crippen LogP contribution in [0.3, 0.4) is 0 Å². The minimum absolute atomic E-state index is 0.575. The molecule has 2 heteroatoms. The van der Waals surface area contributed by atoms with Crippen molar-refractivity contribution in [3.63, 3.8) is 0 Å². The molecule has 1 N–H and O–H groups in total. The van der Waals surface area contributed by atoms with Gasteiger partial charge in [0.15, 0.2) is 0 Å². The van der Waals surface area contributed by atoms with E-state index in [4.69, 9.17) is 11.6 Å². The molecule has 0 saturated carbocycles. The van der Waals surface area contributed by atoms with Crippen LogP contribution in [0.15, 0.2) is 24.3 Å². The van der Waals surface area contributed by atoms with Crippen LogP contribution in [0, 0.1) is 5.92 Å². The lowest BCUT2D eigenvalue weighted by molar-refractivity contribution is 0.487. The summed E-state index contributed by atoms with van der Waals surface area (Å²) in [6.07, 6.45) is 2.48. The molecule has 1 rings (SSSR count). The van der Waals surface area contributed by atoms with Gasteiger partial charge in [0.1, 0.15) is 0 Å². The maximum atomic E-state index is 6.03. The normalized spacial score (nSPS) is 13.1. The fraction of sp³-hybridized carbons (Fsp3) is 0.571. The summed E-state index contributed by atoms with van der Waals surface area (Å²) in [6, 6.07) is 8.23. The number of nitrogens with one attached hydrogen (secondary N) is 1. The Balaban J connectivity index is 2.68. The van der Waals surface area contributed by atoms with Crippen molar-refractivity contribution in [2.24, 2.45) is 5.92 Å². The molecule has 0 aromatic heterocycles. The zero-order chi connectivity index (χ0) is 12.0. The second kappa shape index (κ2) is 6.93. The standard InChI is InChI=1S/C14H22ClN/c1-11(2)7-8-13(10-16-3)12-5-4-6-14(15)9-12/h4-6,9,11,13,16H,7-8,10H2,1-3H3. The first-order valence-electron chi connectivity index (χ1n) is 6.03. The molecular formula is C14H22ClN. The first-order chi connectivity index (χ1) is 7.63. The number of halogens is 1. The van der Waals surface area contributed by atoms with E-state index in [9.17, 15) is 0 Å². The van der Waals surface area contributed by atoms with Gasteiger partial charge in [-0.2, -0.15) is 0 Å². The van der Waals surface area contributed by atoms with Gasteiger partial charge >= 0.3 is 0 Å². The summed E-state index contributed by atoms with van der Waals surface area (Å²) < 4.78 is 0. The molecule has 0 saturated heterocycles. The average molecular weight is 240 g/mol. The van der Waals surface area contributed by atoms with Crippen LogP contribution in [-0.2, 0) is 0 Å². The number of hydrogen-bond acceptors (Lipinski definition) is 1. The lowest BCUT2D eigenvalue weighted by Crippen LogP contribution is -2.17. The number of rotatable bonds is 6. The van der Waals surface area contributed by atoms with E-state index in [2.05, 4.69) is 31.3 Å². The number of benzene rings is 1. The lowest BCUT2D eigenvalue weighted by atomic mass is 9.91. The van der Waals surface area contributed by atoms with Gasteiger partial charge in [0.2, 0.25) is 0 Å². The van der Waals surface area contributed by atoms with Crippen molar-refractivity contribution in [3.05, 3.63) is 34.9 Å². The highest BCUT2D eigenvalue weighted by Gasteiger charge is 2.11. The van der Waals surface area contributed by atoms with E-state index in [1.807, 2.05) is 19.2 Å². The van der Waals surface area contributed by atoms with E-state index in [-0.39, 0.29) is 0 Å². The molecule has 1 atom stereocenters. The van der Waals surface area contributed by atoms with Gasteiger partial charge in [0.05, 0.1) is 0 Å². The maximum absolute atomic E-state index is 6.03. The summed E-state index contributed by atoms with van der Waals surface area (Å²) in [7, 11) is 2.01. The Morgan fingerprint density at radius 1 is 1.25 bits per heavy atom. The fourth-order valence-corrected chi connectivity index (χ4v) is 2.13. The quantitative estimate of drug-likeness (QED) is 0.789. The van der Waals surface area contributed by atoms with Crippen molar-refractivity contribution in [2.45, 2.75) is 32.6 Å². The third kappa shape index (κ3) is 4.54. The Labute approximate surface area is 104 Å². The smallest absolute Gasteiger partial charge is 0.0408 e. The Hall–Kier alpha value is -0.530. The van der Waals surface area contributed by atoms with Crippen molar-refractivity contribution >= 4 is 11.6 Å². The van der Waals surface area contributed by atoms with Crippen LogP contribution in [0.2, 0.25) is 5.02 Å². The zero-order valence-electron chi connectivity index (χ0n) is 10.5. The van der Waals surface area contributed by atoms with E-state index in [0.29, 0.717) is 5.92 Å². The monoisotopic (exact) mass is 239 g/mol. The van der Waals surface area contributed by atoms with Gasteiger partial charge in [0.25, 0.3) is 0 Å². The Morgan fingerprint density at radius 3 is 2.56 bits per heavy atom. The summed E-state index contributed by atoms with van der Waals surface area (Å²) in [6.45, 7) is 5.57. The molecule has 0 fully saturated rings. The van der Waals surface area contributed by atoms with Gasteiger partial charge in [-0.1, -0.05) is 44.0 Å². The minimum atomic E-state index is 0.575. The molecule has 0 aliphatic carbocycles. The highest BCUT2D eigenvalue weighted by molar-refractivity contribution is 6.30. The second-order valence-corrected chi connectivity index (χ2v) is 5.22. The zero-order valence-corrected chi connectivity index (χ0v) is 11.2. The average Bonchev–Trinajstić information content (AvgIpc) is 2.24. The molecule has 1 aromatic carbocycles. The molecule has 0 aliphatic heterocycles. The van der Waals surface area contributed by atoms with E-state index in [1.165, 1.54) is 18.4 Å². The van der Waals surface area contributed by atoms with Gasteiger partial charge in [-0.3, -0.25) is 0 Å². The van der Waals surface area contributed by atoms with Gasteiger partial charge < -0.3 is 5.32 Å². The van der Waals surface area contributed by atoms with Crippen molar-refractivity contribution < 1.29 is 0 Å². The summed E-state index contributed by atoms with van der Waals surface area (Å²) >= 11 is 6.03. The summed E-state index contributed by atoms with van der Waals surface area (Å²) in [4.78, 5) is 0. The molecule has 1 unspecified atom stereocenters. The summed E-state index contributed by atoms with van der Waals surface area (Å²) in [5.74, 6) is 1.34. The molecule has 1 nitrogen and oxygen atoms in total. The first kappa shape index (κ1) is 13.5. The Bertz CT molecular complexity index is 309. The summed E-state index contributed by atoms with van der Waals surface area (Å²) in [5.41, 5.74) is 1.35. The van der Waals surface area contributed by atoms with Crippen LogP contribution in [0.1, 0.15) is 38.2 Å². The van der Waals surface area contributed by atoms with Crippen LogP contribution in [-0.4, -0.2) is 13.6 Å². The van der Waals surface area contributed by atoms with Gasteiger partial charge in [-0.25, -0.2) is 0 Å². The van der Waals surface area contributed by atoms with Gasteiger partial charge in [-0.15, -0.1) is 0 Å². The molecule has 0 amide bonds.